The molecule has 4 heteroatoms. The Kier molecular flexibility index (Phi) is 3.39. The fourth-order valence-electron chi connectivity index (χ4n) is 1.77. The Balaban J connectivity index is 2.67. The lowest BCUT2D eigenvalue weighted by atomic mass is 9.99. The third-order valence-corrected chi connectivity index (χ3v) is 2.75. The molecule has 0 heterocycles. The molecule has 1 atom stereocenters. The number of nitrogens with two attached hydrogens (primary N) is 1. The molecule has 2 aromatic carbocycles. The van der Waals surface area contributed by atoms with Crippen LogP contribution in [0.25, 0.3) is 11.1 Å². The van der Waals surface area contributed by atoms with E-state index in [4.69, 9.17) is 5.73 Å². The highest BCUT2D eigenvalue weighted by molar-refractivity contribution is 5.66. The van der Waals surface area contributed by atoms with E-state index in [2.05, 4.69) is 0 Å². The van der Waals surface area contributed by atoms with Crippen LogP contribution in [0, 0.1) is 17.5 Å². The molecule has 0 aliphatic heterocycles. The van der Waals surface area contributed by atoms with Gasteiger partial charge < -0.3 is 5.73 Å². The van der Waals surface area contributed by atoms with Gasteiger partial charge in [0, 0.05) is 11.6 Å². The summed E-state index contributed by atoms with van der Waals surface area (Å²) in [4.78, 5) is 0. The van der Waals surface area contributed by atoms with Crippen molar-refractivity contribution in [3.8, 4) is 11.1 Å². The van der Waals surface area contributed by atoms with Crippen LogP contribution in [0.1, 0.15) is 18.5 Å². The van der Waals surface area contributed by atoms with Gasteiger partial charge in [-0.3, -0.25) is 0 Å². The van der Waals surface area contributed by atoms with Crippen molar-refractivity contribution in [3.05, 3.63) is 59.4 Å². The normalized spacial score (nSPS) is 12.5. The molecule has 0 radical (unpaired) electrons. The van der Waals surface area contributed by atoms with E-state index >= 15 is 0 Å². The van der Waals surface area contributed by atoms with Crippen molar-refractivity contribution in [1.82, 2.24) is 0 Å². The molecule has 0 aliphatic rings. The SMILES string of the molecule is CC(N)c1ccc(F)c(-c2c(F)cccc2F)c1. The quantitative estimate of drug-likeness (QED) is 0.863. The molecule has 94 valence electrons. The molecule has 0 fully saturated rings. The van der Waals surface area contributed by atoms with E-state index in [1.807, 2.05) is 0 Å². The van der Waals surface area contributed by atoms with Crippen LogP contribution in [0.2, 0.25) is 0 Å². The highest BCUT2D eigenvalue weighted by Crippen LogP contribution is 2.30. The maximum absolute atomic E-state index is 13.7. The van der Waals surface area contributed by atoms with Crippen LogP contribution in [0.5, 0.6) is 0 Å². The fourth-order valence-corrected chi connectivity index (χ4v) is 1.77. The lowest BCUT2D eigenvalue weighted by Crippen LogP contribution is -2.05. The molecule has 2 N–H and O–H groups in total. The smallest absolute Gasteiger partial charge is 0.134 e. The molecule has 0 amide bonds. The number of hydrogen-bond donors (Lipinski definition) is 1. The maximum Gasteiger partial charge on any atom is 0.134 e. The van der Waals surface area contributed by atoms with E-state index in [9.17, 15) is 13.2 Å². The Morgan fingerprint density at radius 2 is 1.56 bits per heavy atom. The molecule has 0 bridgehead atoms. The first-order valence-corrected chi connectivity index (χ1v) is 5.50. The number of halogens is 3. The lowest BCUT2D eigenvalue weighted by Gasteiger charge is -2.11. The van der Waals surface area contributed by atoms with Gasteiger partial charge in [0.25, 0.3) is 0 Å². The van der Waals surface area contributed by atoms with Crippen molar-refractivity contribution in [3.63, 3.8) is 0 Å². The topological polar surface area (TPSA) is 26.0 Å². The molecule has 2 rings (SSSR count). The number of hydrogen-bond acceptors (Lipinski definition) is 1. The fraction of sp³-hybridized carbons (Fsp3) is 0.143. The van der Waals surface area contributed by atoms with Crippen LogP contribution in [-0.4, -0.2) is 0 Å². The number of benzene rings is 2. The van der Waals surface area contributed by atoms with Gasteiger partial charge in [-0.1, -0.05) is 12.1 Å². The van der Waals surface area contributed by atoms with Crippen LogP contribution in [0.4, 0.5) is 13.2 Å². The highest BCUT2D eigenvalue weighted by Gasteiger charge is 2.16. The third kappa shape index (κ3) is 2.24. The lowest BCUT2D eigenvalue weighted by molar-refractivity contribution is 0.581. The average Bonchev–Trinajstić information content (AvgIpc) is 2.30. The van der Waals surface area contributed by atoms with Gasteiger partial charge in [-0.15, -0.1) is 0 Å². The van der Waals surface area contributed by atoms with Gasteiger partial charge in [0.05, 0.1) is 5.56 Å². The Labute approximate surface area is 103 Å². The zero-order valence-corrected chi connectivity index (χ0v) is 9.75. The number of rotatable bonds is 2. The Bertz CT molecular complexity index is 559. The summed E-state index contributed by atoms with van der Waals surface area (Å²) in [5.41, 5.74) is 5.82. The van der Waals surface area contributed by atoms with Crippen molar-refractivity contribution in [2.45, 2.75) is 13.0 Å². The molecule has 18 heavy (non-hydrogen) atoms. The second-order valence-corrected chi connectivity index (χ2v) is 4.12. The minimum Gasteiger partial charge on any atom is -0.324 e. The molecule has 1 unspecified atom stereocenters. The first-order chi connectivity index (χ1) is 8.50. The Hall–Kier alpha value is -1.81. The predicted octanol–water partition coefficient (Wildman–Crippen LogP) is 3.79. The Morgan fingerprint density at radius 1 is 0.944 bits per heavy atom. The van der Waals surface area contributed by atoms with Crippen molar-refractivity contribution in [1.29, 1.82) is 0 Å². The van der Waals surface area contributed by atoms with Gasteiger partial charge in [-0.25, -0.2) is 13.2 Å². The third-order valence-electron chi connectivity index (χ3n) is 2.75. The van der Waals surface area contributed by atoms with Gasteiger partial charge in [0.1, 0.15) is 17.5 Å². The summed E-state index contributed by atoms with van der Waals surface area (Å²) in [5, 5.41) is 0. The second kappa shape index (κ2) is 4.82. The standard InChI is InChI=1S/C14H12F3N/c1-8(18)9-5-6-11(15)10(7-9)14-12(16)3-2-4-13(14)17/h2-8H,18H2,1H3. The van der Waals surface area contributed by atoms with E-state index in [1.54, 1.807) is 6.92 Å². The monoisotopic (exact) mass is 251 g/mol. The largest absolute Gasteiger partial charge is 0.324 e. The molecule has 0 aliphatic carbocycles. The molecule has 0 saturated carbocycles. The van der Waals surface area contributed by atoms with Gasteiger partial charge in [0.15, 0.2) is 0 Å². The van der Waals surface area contributed by atoms with E-state index in [1.165, 1.54) is 24.3 Å². The Morgan fingerprint density at radius 3 is 2.11 bits per heavy atom. The van der Waals surface area contributed by atoms with Crippen molar-refractivity contribution in [2.24, 2.45) is 5.73 Å². The van der Waals surface area contributed by atoms with Crippen LogP contribution in [0.15, 0.2) is 36.4 Å². The zero-order chi connectivity index (χ0) is 13.3. The van der Waals surface area contributed by atoms with E-state index < -0.39 is 17.5 Å². The molecule has 0 aromatic heterocycles. The van der Waals surface area contributed by atoms with Crippen molar-refractivity contribution in [2.75, 3.05) is 0 Å². The van der Waals surface area contributed by atoms with E-state index in [-0.39, 0.29) is 17.2 Å². The maximum atomic E-state index is 13.7. The van der Waals surface area contributed by atoms with Crippen LogP contribution < -0.4 is 5.73 Å². The summed E-state index contributed by atoms with van der Waals surface area (Å²) in [6, 6.07) is 7.14. The average molecular weight is 251 g/mol. The summed E-state index contributed by atoms with van der Waals surface area (Å²) in [6.45, 7) is 1.72. The summed E-state index contributed by atoms with van der Waals surface area (Å²) >= 11 is 0. The predicted molar refractivity (Wildman–Crippen MR) is 64.4 cm³/mol. The van der Waals surface area contributed by atoms with Crippen molar-refractivity contribution >= 4 is 0 Å². The molecule has 2 aromatic rings. The van der Waals surface area contributed by atoms with Gasteiger partial charge in [-0.05, 0) is 36.8 Å². The molecule has 0 saturated heterocycles. The first kappa shape index (κ1) is 12.6. The highest BCUT2D eigenvalue weighted by atomic mass is 19.1. The van der Waals surface area contributed by atoms with E-state index in [0.29, 0.717) is 5.56 Å². The summed E-state index contributed by atoms with van der Waals surface area (Å²) in [7, 11) is 0. The first-order valence-electron chi connectivity index (χ1n) is 5.50. The molecular weight excluding hydrogens is 239 g/mol. The molecule has 0 spiro atoms. The zero-order valence-electron chi connectivity index (χ0n) is 9.75. The van der Waals surface area contributed by atoms with Crippen molar-refractivity contribution < 1.29 is 13.2 Å². The van der Waals surface area contributed by atoms with Gasteiger partial charge in [0.2, 0.25) is 0 Å². The molecule has 1 nitrogen and oxygen atoms in total. The van der Waals surface area contributed by atoms with E-state index in [0.717, 1.165) is 12.1 Å². The van der Waals surface area contributed by atoms with Gasteiger partial charge in [-0.2, -0.15) is 0 Å². The molecular formula is C14H12F3N. The second-order valence-electron chi connectivity index (χ2n) is 4.12. The summed E-state index contributed by atoms with van der Waals surface area (Å²) < 4.78 is 40.9. The summed E-state index contributed by atoms with van der Waals surface area (Å²) in [5.74, 6) is -2.27. The minimum atomic E-state index is -0.796. The minimum absolute atomic E-state index is 0.111. The van der Waals surface area contributed by atoms with Crippen LogP contribution >= 0.6 is 0 Å². The van der Waals surface area contributed by atoms with Gasteiger partial charge >= 0.3 is 0 Å². The summed E-state index contributed by atoms with van der Waals surface area (Å²) in [6.07, 6.45) is 0. The van der Waals surface area contributed by atoms with Crippen LogP contribution in [-0.2, 0) is 0 Å². The van der Waals surface area contributed by atoms with Crippen LogP contribution in [0.3, 0.4) is 0 Å².